The van der Waals surface area contributed by atoms with Crippen molar-refractivity contribution >= 4 is 16.2 Å². The maximum atomic E-state index is 12.7. The Balaban J connectivity index is 1.73. The number of aromatic nitrogens is 3. The van der Waals surface area contributed by atoms with Gasteiger partial charge in [-0.15, -0.1) is 5.10 Å². The number of alkyl halides is 3. The molecule has 1 aliphatic heterocycles. The Morgan fingerprint density at radius 1 is 1.04 bits per heavy atom. The largest absolute Gasteiger partial charge is 0.416 e. The van der Waals surface area contributed by atoms with Crippen LogP contribution < -0.4 is 4.18 Å². The van der Waals surface area contributed by atoms with Crippen LogP contribution in [0.2, 0.25) is 0 Å². The van der Waals surface area contributed by atoms with Gasteiger partial charge in [0.15, 0.2) is 0 Å². The van der Waals surface area contributed by atoms with Crippen molar-refractivity contribution in [1.82, 2.24) is 15.0 Å². The second-order valence-electron chi connectivity index (χ2n) is 5.71. The Labute approximate surface area is 151 Å². The maximum absolute atomic E-state index is 12.7. The number of hydrogen-bond donors (Lipinski definition) is 0. The van der Waals surface area contributed by atoms with Crippen molar-refractivity contribution in [3.63, 3.8) is 0 Å². The average molecular weight is 393 g/mol. The minimum Gasteiger partial charge on any atom is -0.379 e. The molecule has 0 saturated heterocycles. The first-order chi connectivity index (χ1) is 12.7. The highest BCUT2D eigenvalue weighted by molar-refractivity contribution is 7.90. The van der Waals surface area contributed by atoms with E-state index < -0.39 is 21.9 Å². The predicted molar refractivity (Wildman–Crippen MR) is 90.4 cm³/mol. The predicted octanol–water partition coefficient (Wildman–Crippen LogP) is 3.65. The molecule has 0 radical (unpaired) electrons. The summed E-state index contributed by atoms with van der Waals surface area (Å²) >= 11 is 0. The van der Waals surface area contributed by atoms with Gasteiger partial charge in [0, 0.05) is 11.1 Å². The lowest BCUT2D eigenvalue weighted by Gasteiger charge is -2.14. The van der Waals surface area contributed by atoms with E-state index in [1.165, 1.54) is 35.2 Å². The van der Waals surface area contributed by atoms with E-state index >= 15 is 0 Å². The lowest BCUT2D eigenvalue weighted by molar-refractivity contribution is -0.137. The van der Waals surface area contributed by atoms with E-state index in [9.17, 15) is 21.6 Å². The number of hydrogen-bond acceptors (Lipinski definition) is 5. The van der Waals surface area contributed by atoms with Crippen LogP contribution in [0.25, 0.3) is 23.0 Å². The van der Waals surface area contributed by atoms with Gasteiger partial charge in [0.05, 0.1) is 28.5 Å². The third-order valence-electron chi connectivity index (χ3n) is 3.92. The zero-order valence-corrected chi connectivity index (χ0v) is 14.2. The third-order valence-corrected chi connectivity index (χ3v) is 4.80. The fraction of sp³-hybridized carbons (Fsp3) is 0.0588. The lowest BCUT2D eigenvalue weighted by atomic mass is 10.1. The van der Waals surface area contributed by atoms with Crippen LogP contribution in [0.4, 0.5) is 13.2 Å². The molecule has 2 heterocycles. The first-order valence-electron chi connectivity index (χ1n) is 7.58. The molecule has 0 aliphatic carbocycles. The summed E-state index contributed by atoms with van der Waals surface area (Å²) in [5.41, 5.74) is 1.31. The van der Waals surface area contributed by atoms with Crippen LogP contribution in [-0.2, 0) is 16.3 Å². The van der Waals surface area contributed by atoms with E-state index in [1.807, 2.05) is 0 Å². The maximum Gasteiger partial charge on any atom is 0.416 e. The second-order valence-corrected chi connectivity index (χ2v) is 7.13. The molecule has 138 valence electrons. The van der Waals surface area contributed by atoms with Crippen LogP contribution in [0, 0.1) is 0 Å². The third kappa shape index (κ3) is 3.31. The van der Waals surface area contributed by atoms with Crippen molar-refractivity contribution in [2.75, 3.05) is 0 Å². The van der Waals surface area contributed by atoms with Crippen molar-refractivity contribution in [3.05, 3.63) is 65.2 Å². The van der Waals surface area contributed by atoms with Crippen molar-refractivity contribution in [2.45, 2.75) is 6.18 Å². The van der Waals surface area contributed by atoms with Gasteiger partial charge in [-0.25, -0.2) is 4.68 Å². The molecule has 0 spiro atoms. The molecule has 0 unspecified atom stereocenters. The van der Waals surface area contributed by atoms with E-state index in [0.29, 0.717) is 22.5 Å². The van der Waals surface area contributed by atoms with Crippen molar-refractivity contribution in [1.29, 1.82) is 0 Å². The fourth-order valence-corrected chi connectivity index (χ4v) is 3.41. The summed E-state index contributed by atoms with van der Waals surface area (Å²) in [6, 6.07) is 9.35. The van der Waals surface area contributed by atoms with Crippen LogP contribution >= 0.6 is 0 Å². The lowest BCUT2D eigenvalue weighted by Crippen LogP contribution is -2.10. The number of benzene rings is 2. The molecule has 0 amide bonds. The van der Waals surface area contributed by atoms with Crippen molar-refractivity contribution in [3.8, 4) is 22.7 Å². The first kappa shape index (κ1) is 17.3. The quantitative estimate of drug-likeness (QED) is 0.622. The van der Waals surface area contributed by atoms with Crippen LogP contribution in [0.1, 0.15) is 11.1 Å². The van der Waals surface area contributed by atoms with Gasteiger partial charge in [-0.2, -0.15) is 21.6 Å². The first-order valence-corrected chi connectivity index (χ1v) is 9.05. The highest BCUT2D eigenvalue weighted by Gasteiger charge is 2.30. The number of halogens is 3. The molecule has 4 rings (SSSR count). The molecule has 0 N–H and O–H groups in total. The van der Waals surface area contributed by atoms with Gasteiger partial charge in [-0.1, -0.05) is 17.3 Å². The topological polar surface area (TPSA) is 74.1 Å². The summed E-state index contributed by atoms with van der Waals surface area (Å²) < 4.78 is 67.4. The van der Waals surface area contributed by atoms with Crippen molar-refractivity contribution < 1.29 is 25.8 Å². The Morgan fingerprint density at radius 3 is 2.48 bits per heavy atom. The zero-order chi connectivity index (χ0) is 19.2. The molecule has 0 bridgehead atoms. The zero-order valence-electron chi connectivity index (χ0n) is 13.4. The van der Waals surface area contributed by atoms with Gasteiger partial charge < -0.3 is 4.18 Å². The van der Waals surface area contributed by atoms with Gasteiger partial charge in [-0.3, -0.25) is 0 Å². The highest BCUT2D eigenvalue weighted by Crippen LogP contribution is 2.32. The number of rotatable bonds is 2. The van der Waals surface area contributed by atoms with Crippen LogP contribution in [0.3, 0.4) is 0 Å². The summed E-state index contributed by atoms with van der Waals surface area (Å²) in [6.07, 6.45) is -1.59. The number of fused-ring (bicyclic) bond motifs is 1. The van der Waals surface area contributed by atoms with Gasteiger partial charge in [-0.05, 0) is 36.4 Å². The van der Waals surface area contributed by atoms with Crippen molar-refractivity contribution in [2.24, 2.45) is 0 Å². The Hall–Kier alpha value is -3.14. The molecule has 3 aromatic rings. The average Bonchev–Trinajstić information content (AvgIpc) is 3.10. The minimum absolute atomic E-state index is 0.178. The van der Waals surface area contributed by atoms with Crippen LogP contribution in [0.15, 0.2) is 54.1 Å². The van der Waals surface area contributed by atoms with E-state index in [2.05, 4.69) is 10.3 Å². The summed E-state index contributed by atoms with van der Waals surface area (Å²) in [6.45, 7) is 0. The molecular formula is C17H10F3N3O3S. The Morgan fingerprint density at radius 2 is 1.78 bits per heavy atom. The highest BCUT2D eigenvalue weighted by atomic mass is 32.2. The second kappa shape index (κ2) is 5.95. The van der Waals surface area contributed by atoms with E-state index in [-0.39, 0.29) is 5.75 Å². The van der Waals surface area contributed by atoms with E-state index in [0.717, 1.165) is 17.5 Å². The SMILES string of the molecule is O=S1(=O)C=Cc2cc(-n3nncc3-c3ccc(C(F)(F)F)cc3)ccc2O1. The summed E-state index contributed by atoms with van der Waals surface area (Å²) in [7, 11) is -3.74. The van der Waals surface area contributed by atoms with E-state index in [1.54, 1.807) is 12.1 Å². The molecule has 1 aromatic heterocycles. The molecule has 27 heavy (non-hydrogen) atoms. The Bertz CT molecular complexity index is 1150. The summed E-state index contributed by atoms with van der Waals surface area (Å²) in [5.74, 6) is 0.178. The molecule has 0 saturated carbocycles. The normalized spacial score (nSPS) is 15.2. The summed E-state index contributed by atoms with van der Waals surface area (Å²) in [4.78, 5) is 0. The standard InChI is InChI=1S/C17H10F3N3O3S/c18-17(19,20)13-3-1-11(2-4-13)15-10-21-22-23(15)14-5-6-16-12(9-14)7-8-27(24,25)26-16/h1-10H. The van der Waals surface area contributed by atoms with Crippen LogP contribution in [0.5, 0.6) is 5.75 Å². The smallest absolute Gasteiger partial charge is 0.379 e. The molecule has 6 nitrogen and oxygen atoms in total. The monoisotopic (exact) mass is 393 g/mol. The fourth-order valence-electron chi connectivity index (χ4n) is 2.64. The molecular weight excluding hydrogens is 383 g/mol. The Kier molecular flexibility index (Phi) is 3.81. The van der Waals surface area contributed by atoms with Crippen LogP contribution in [-0.4, -0.2) is 23.4 Å². The molecule has 1 aliphatic rings. The summed E-state index contributed by atoms with van der Waals surface area (Å²) in [5, 5.41) is 8.74. The molecule has 0 fully saturated rings. The van der Waals surface area contributed by atoms with Gasteiger partial charge >= 0.3 is 16.3 Å². The molecule has 10 heteroatoms. The number of nitrogens with zero attached hydrogens (tertiary/aromatic N) is 3. The molecule has 0 atom stereocenters. The van der Waals surface area contributed by atoms with Gasteiger partial charge in [0.2, 0.25) is 0 Å². The van der Waals surface area contributed by atoms with Gasteiger partial charge in [0.25, 0.3) is 0 Å². The minimum atomic E-state index is -4.41. The molecule has 2 aromatic carbocycles. The van der Waals surface area contributed by atoms with Gasteiger partial charge in [0.1, 0.15) is 5.75 Å². The van der Waals surface area contributed by atoms with E-state index in [4.69, 9.17) is 4.18 Å².